The molecule has 0 bridgehead atoms. The second-order valence-electron chi connectivity index (χ2n) is 9.02. The van der Waals surface area contributed by atoms with E-state index < -0.39 is 17.7 Å². The molecule has 2 aromatic rings. The van der Waals surface area contributed by atoms with Crippen molar-refractivity contribution in [2.24, 2.45) is 0 Å². The molecule has 1 N–H and O–H groups in total. The van der Waals surface area contributed by atoms with Gasteiger partial charge in [-0.05, 0) is 70.2 Å². The van der Waals surface area contributed by atoms with E-state index in [0.29, 0.717) is 12.1 Å². The van der Waals surface area contributed by atoms with Crippen LogP contribution in [0, 0.1) is 6.92 Å². The van der Waals surface area contributed by atoms with Crippen molar-refractivity contribution in [1.29, 1.82) is 0 Å². The second-order valence-corrected chi connectivity index (χ2v) is 9.02. The first kappa shape index (κ1) is 22.1. The quantitative estimate of drug-likeness (QED) is 0.427. The average molecular weight is 435 g/mol. The van der Waals surface area contributed by atoms with Crippen LogP contribution in [0.1, 0.15) is 41.6 Å². The largest absolute Gasteiger partial charge is 0.507 e. The summed E-state index contributed by atoms with van der Waals surface area (Å²) >= 11 is 0. The summed E-state index contributed by atoms with van der Waals surface area (Å²) < 4.78 is 5.76. The van der Waals surface area contributed by atoms with Crippen molar-refractivity contribution in [3.63, 3.8) is 0 Å². The maximum absolute atomic E-state index is 13.1. The molecule has 32 heavy (non-hydrogen) atoms. The van der Waals surface area contributed by atoms with Crippen LogP contribution in [-0.4, -0.2) is 59.9 Å². The number of likely N-dealkylation sites (tertiary alicyclic amines) is 1. The Kier molecular flexibility index (Phi) is 6.07. The van der Waals surface area contributed by atoms with E-state index >= 15 is 0 Å². The molecule has 1 fully saturated rings. The molecule has 2 aliphatic rings. The highest BCUT2D eigenvalue weighted by molar-refractivity contribution is 6.46. The third kappa shape index (κ3) is 4.15. The van der Waals surface area contributed by atoms with Gasteiger partial charge in [0.15, 0.2) is 0 Å². The van der Waals surface area contributed by atoms with E-state index in [1.54, 1.807) is 11.0 Å². The van der Waals surface area contributed by atoms with E-state index in [1.807, 2.05) is 69.2 Å². The molecule has 2 unspecified atom stereocenters. The molecule has 6 nitrogen and oxygen atoms in total. The number of hydrogen-bond donors (Lipinski definition) is 1. The molecule has 0 radical (unpaired) electrons. The van der Waals surface area contributed by atoms with E-state index in [4.69, 9.17) is 4.74 Å². The van der Waals surface area contributed by atoms with Crippen LogP contribution >= 0.6 is 0 Å². The average Bonchev–Trinajstić information content (AvgIpc) is 3.24. The standard InChI is InChI=1S/C26H30N2O4/c1-16-6-8-18(9-7-16)23-22(25(30)26(31)28(23)13-5-12-27(3)4)24(29)19-10-11-21-20(15-19)14-17(2)32-21/h6-11,15,17,23,29H,5,12-14H2,1-4H3. The summed E-state index contributed by atoms with van der Waals surface area (Å²) in [4.78, 5) is 29.8. The van der Waals surface area contributed by atoms with Crippen LogP contribution in [0.2, 0.25) is 0 Å². The molecule has 6 heteroatoms. The molecule has 2 atom stereocenters. The van der Waals surface area contributed by atoms with Gasteiger partial charge in [-0.1, -0.05) is 29.8 Å². The number of aliphatic hydroxyl groups is 1. The van der Waals surface area contributed by atoms with Crippen molar-refractivity contribution in [1.82, 2.24) is 9.80 Å². The van der Waals surface area contributed by atoms with Crippen LogP contribution in [0.4, 0.5) is 0 Å². The molecule has 1 saturated heterocycles. The maximum atomic E-state index is 13.1. The lowest BCUT2D eigenvalue weighted by Gasteiger charge is -2.26. The van der Waals surface area contributed by atoms with Gasteiger partial charge in [0.25, 0.3) is 11.7 Å². The summed E-state index contributed by atoms with van der Waals surface area (Å²) in [6, 6.07) is 12.6. The van der Waals surface area contributed by atoms with Crippen molar-refractivity contribution in [3.05, 3.63) is 70.3 Å². The Labute approximate surface area is 189 Å². The van der Waals surface area contributed by atoms with Gasteiger partial charge in [-0.15, -0.1) is 0 Å². The van der Waals surface area contributed by atoms with Crippen molar-refractivity contribution in [2.75, 3.05) is 27.2 Å². The Morgan fingerprint density at radius 2 is 1.88 bits per heavy atom. The predicted molar refractivity (Wildman–Crippen MR) is 124 cm³/mol. The third-order valence-electron chi connectivity index (χ3n) is 6.11. The number of nitrogens with zero attached hydrogens (tertiary/aromatic N) is 2. The highest BCUT2D eigenvalue weighted by atomic mass is 16.5. The second kappa shape index (κ2) is 8.79. The van der Waals surface area contributed by atoms with Gasteiger partial charge in [-0.25, -0.2) is 0 Å². The monoisotopic (exact) mass is 434 g/mol. The first-order valence-corrected chi connectivity index (χ1v) is 11.1. The van der Waals surface area contributed by atoms with Gasteiger partial charge in [-0.3, -0.25) is 9.59 Å². The number of rotatable bonds is 6. The van der Waals surface area contributed by atoms with Gasteiger partial charge >= 0.3 is 0 Å². The highest BCUT2D eigenvalue weighted by Gasteiger charge is 2.45. The lowest BCUT2D eigenvalue weighted by atomic mass is 9.94. The molecule has 2 aliphatic heterocycles. The first-order valence-electron chi connectivity index (χ1n) is 11.1. The molecule has 168 valence electrons. The zero-order valence-corrected chi connectivity index (χ0v) is 19.1. The van der Waals surface area contributed by atoms with E-state index in [2.05, 4.69) is 0 Å². The number of aliphatic hydroxyl groups excluding tert-OH is 1. The van der Waals surface area contributed by atoms with Gasteiger partial charge in [0.2, 0.25) is 0 Å². The Morgan fingerprint density at radius 1 is 1.16 bits per heavy atom. The van der Waals surface area contributed by atoms with Crippen LogP contribution < -0.4 is 4.74 Å². The fourth-order valence-corrected chi connectivity index (χ4v) is 4.49. The molecular weight excluding hydrogens is 404 g/mol. The fourth-order valence-electron chi connectivity index (χ4n) is 4.49. The molecular formula is C26H30N2O4. The lowest BCUT2D eigenvalue weighted by molar-refractivity contribution is -0.139. The lowest BCUT2D eigenvalue weighted by Crippen LogP contribution is -2.32. The van der Waals surface area contributed by atoms with Crippen molar-refractivity contribution in [2.45, 2.75) is 38.8 Å². The third-order valence-corrected chi connectivity index (χ3v) is 6.11. The first-order chi connectivity index (χ1) is 15.3. The molecule has 2 aromatic carbocycles. The molecule has 0 saturated carbocycles. The topological polar surface area (TPSA) is 70.1 Å². The summed E-state index contributed by atoms with van der Waals surface area (Å²) in [5.74, 6) is -0.531. The van der Waals surface area contributed by atoms with Crippen molar-refractivity contribution < 1.29 is 19.4 Å². The smallest absolute Gasteiger partial charge is 0.295 e. The van der Waals surface area contributed by atoms with Crippen molar-refractivity contribution in [3.8, 4) is 5.75 Å². The van der Waals surface area contributed by atoms with E-state index in [1.165, 1.54) is 0 Å². The summed E-state index contributed by atoms with van der Waals surface area (Å²) in [5.41, 5.74) is 3.58. The number of hydrogen-bond acceptors (Lipinski definition) is 5. The number of fused-ring (bicyclic) bond motifs is 1. The van der Waals surface area contributed by atoms with Crippen LogP contribution in [0.5, 0.6) is 5.75 Å². The number of amides is 1. The van der Waals surface area contributed by atoms with Crippen LogP contribution in [0.25, 0.3) is 5.76 Å². The Hall–Kier alpha value is -3.12. The maximum Gasteiger partial charge on any atom is 0.295 e. The van der Waals surface area contributed by atoms with Crippen LogP contribution in [0.15, 0.2) is 48.0 Å². The summed E-state index contributed by atoms with van der Waals surface area (Å²) in [6.07, 6.45) is 1.56. The Balaban J connectivity index is 1.77. The number of benzene rings is 2. The highest BCUT2D eigenvalue weighted by Crippen LogP contribution is 2.40. The minimum Gasteiger partial charge on any atom is -0.507 e. The van der Waals surface area contributed by atoms with E-state index in [9.17, 15) is 14.7 Å². The molecule has 0 aromatic heterocycles. The number of aryl methyl sites for hydroxylation is 1. The van der Waals surface area contributed by atoms with Crippen LogP contribution in [0.3, 0.4) is 0 Å². The molecule has 4 rings (SSSR count). The molecule has 1 amide bonds. The normalized spacial score (nSPS) is 21.8. The van der Waals surface area contributed by atoms with Gasteiger partial charge < -0.3 is 19.6 Å². The summed E-state index contributed by atoms with van der Waals surface area (Å²) in [6.45, 7) is 5.22. The van der Waals surface area contributed by atoms with Gasteiger partial charge in [0.05, 0.1) is 11.6 Å². The molecule has 2 heterocycles. The van der Waals surface area contributed by atoms with Crippen molar-refractivity contribution >= 4 is 17.4 Å². The minimum absolute atomic E-state index is 0.0808. The summed E-state index contributed by atoms with van der Waals surface area (Å²) in [5, 5.41) is 11.3. The van der Waals surface area contributed by atoms with E-state index in [0.717, 1.165) is 41.8 Å². The van der Waals surface area contributed by atoms with Gasteiger partial charge in [-0.2, -0.15) is 0 Å². The zero-order chi connectivity index (χ0) is 23.0. The minimum atomic E-state index is -0.636. The predicted octanol–water partition coefficient (Wildman–Crippen LogP) is 3.69. The zero-order valence-electron chi connectivity index (χ0n) is 19.1. The fraction of sp³-hybridized carbons (Fsp3) is 0.385. The number of ketones is 1. The summed E-state index contributed by atoms with van der Waals surface area (Å²) in [7, 11) is 3.95. The number of ether oxygens (including phenoxy) is 1. The van der Waals surface area contributed by atoms with Crippen LogP contribution in [-0.2, 0) is 16.0 Å². The van der Waals surface area contributed by atoms with E-state index in [-0.39, 0.29) is 17.4 Å². The van der Waals surface area contributed by atoms with Gasteiger partial charge in [0, 0.05) is 18.5 Å². The molecule has 0 aliphatic carbocycles. The number of carbonyl (C=O) groups excluding carboxylic acids is 2. The SMILES string of the molecule is Cc1ccc(C2C(=C(O)c3ccc4c(c3)CC(C)O4)C(=O)C(=O)N2CCCN(C)C)cc1. The van der Waals surface area contributed by atoms with Gasteiger partial charge in [0.1, 0.15) is 17.6 Å². The molecule has 0 spiro atoms. The number of Topliss-reactive ketones (excluding diaryl/α,β-unsaturated/α-hetero) is 1. The Morgan fingerprint density at radius 3 is 2.56 bits per heavy atom. The number of carbonyl (C=O) groups is 2. The Bertz CT molecular complexity index is 1070.